The molecule has 1 aliphatic carbocycles. The highest BCUT2D eigenvalue weighted by Gasteiger charge is 2.41. The lowest BCUT2D eigenvalue weighted by Crippen LogP contribution is -2.27. The van der Waals surface area contributed by atoms with Crippen molar-refractivity contribution in [2.75, 3.05) is 13.1 Å². The van der Waals surface area contributed by atoms with Crippen LogP contribution >= 0.6 is 11.3 Å². The van der Waals surface area contributed by atoms with Gasteiger partial charge in [0.15, 0.2) is 5.82 Å². The minimum absolute atomic E-state index is 0.0182. The van der Waals surface area contributed by atoms with Gasteiger partial charge in [-0.3, -0.25) is 9.59 Å². The predicted molar refractivity (Wildman–Crippen MR) is 160 cm³/mol. The maximum Gasteiger partial charge on any atom is 0.261 e. The van der Waals surface area contributed by atoms with Gasteiger partial charge in [0.25, 0.3) is 5.89 Å². The Morgan fingerprint density at radius 2 is 1.86 bits per heavy atom. The van der Waals surface area contributed by atoms with Crippen LogP contribution in [0.15, 0.2) is 40.9 Å². The molecule has 44 heavy (non-hydrogen) atoms. The molecule has 2 saturated heterocycles. The van der Waals surface area contributed by atoms with Crippen LogP contribution in [0, 0.1) is 11.7 Å². The molecule has 4 aromatic rings. The first kappa shape index (κ1) is 28.6. The fourth-order valence-electron chi connectivity index (χ4n) is 5.84. The normalized spacial score (nSPS) is 20.4. The second-order valence-electron chi connectivity index (χ2n) is 12.4. The van der Waals surface area contributed by atoms with Crippen molar-refractivity contribution in [1.82, 2.24) is 30.1 Å². The van der Waals surface area contributed by atoms with Crippen molar-refractivity contribution in [3.8, 4) is 33.5 Å². The molecule has 10 nitrogen and oxygen atoms in total. The van der Waals surface area contributed by atoms with E-state index in [-0.39, 0.29) is 41.6 Å². The van der Waals surface area contributed by atoms with Crippen LogP contribution in [0.4, 0.5) is 4.39 Å². The smallest absolute Gasteiger partial charge is 0.261 e. The Balaban J connectivity index is 1.17. The van der Waals surface area contributed by atoms with Gasteiger partial charge >= 0.3 is 0 Å². The topological polar surface area (TPSA) is 115 Å². The Morgan fingerprint density at radius 3 is 2.55 bits per heavy atom. The summed E-state index contributed by atoms with van der Waals surface area (Å²) < 4.78 is 27.5. The van der Waals surface area contributed by atoms with Crippen LogP contribution in [0.5, 0.6) is 11.5 Å². The lowest BCUT2D eigenvalue weighted by molar-refractivity contribution is -0.129. The summed E-state index contributed by atoms with van der Waals surface area (Å²) in [6.07, 6.45) is 2.85. The first-order valence-corrected chi connectivity index (χ1v) is 15.9. The number of rotatable bonds is 9. The molecule has 3 fully saturated rings. The van der Waals surface area contributed by atoms with Crippen molar-refractivity contribution < 1.29 is 23.2 Å². The molecule has 2 aliphatic heterocycles. The number of hydrogen-bond acceptors (Lipinski definition) is 9. The summed E-state index contributed by atoms with van der Waals surface area (Å²) in [6, 6.07) is 10.7. The van der Waals surface area contributed by atoms with Gasteiger partial charge in [-0.2, -0.15) is 4.98 Å². The van der Waals surface area contributed by atoms with Crippen molar-refractivity contribution in [2.45, 2.75) is 70.9 Å². The van der Waals surface area contributed by atoms with E-state index in [9.17, 15) is 9.59 Å². The fraction of sp³-hybridized carbons (Fsp3) is 0.438. The number of halogens is 1. The standard InChI is InChI=1S/C32H33FN6O4S/c1-17(2)31-35-36-32(44-31)19-4-8-23(9-5-19)42-26-13-24(25(33)11-20(26)15-38-14-18(3)10-27(38)40)30-34-29(37-43-30)21-12-28(41)39(16-21)22-6-7-22/h4-5,8-9,11,13,17-18,21-22H,6-7,10,12,14-16H2,1-3H3. The largest absolute Gasteiger partial charge is 0.457 e. The Morgan fingerprint density at radius 1 is 1.07 bits per heavy atom. The van der Waals surface area contributed by atoms with Crippen LogP contribution in [0.2, 0.25) is 0 Å². The summed E-state index contributed by atoms with van der Waals surface area (Å²) in [5, 5.41) is 14.5. The molecular formula is C32H33FN6O4S. The first-order valence-electron chi connectivity index (χ1n) is 15.1. The molecule has 3 aliphatic rings. The molecule has 7 rings (SSSR count). The van der Waals surface area contributed by atoms with Crippen LogP contribution in [-0.4, -0.2) is 61.1 Å². The van der Waals surface area contributed by atoms with E-state index in [1.807, 2.05) is 36.1 Å². The van der Waals surface area contributed by atoms with Gasteiger partial charge in [0.2, 0.25) is 11.8 Å². The Hall–Kier alpha value is -4.19. The second-order valence-corrected chi connectivity index (χ2v) is 13.4. The molecule has 2 aromatic heterocycles. The van der Waals surface area contributed by atoms with E-state index in [4.69, 9.17) is 9.26 Å². The fourth-order valence-corrected chi connectivity index (χ4v) is 6.69. The number of amides is 2. The molecule has 2 aromatic carbocycles. The predicted octanol–water partition coefficient (Wildman–Crippen LogP) is 6.16. The highest BCUT2D eigenvalue weighted by atomic mass is 32.1. The van der Waals surface area contributed by atoms with Gasteiger partial charge in [0, 0.05) is 61.5 Å². The van der Waals surface area contributed by atoms with Crippen molar-refractivity contribution >= 4 is 23.2 Å². The van der Waals surface area contributed by atoms with Gasteiger partial charge in [-0.15, -0.1) is 10.2 Å². The van der Waals surface area contributed by atoms with Crippen LogP contribution in [0.3, 0.4) is 0 Å². The number of hydrogen-bond donors (Lipinski definition) is 0. The van der Waals surface area contributed by atoms with E-state index in [1.54, 1.807) is 22.3 Å². The van der Waals surface area contributed by atoms with Crippen LogP contribution in [0.1, 0.15) is 74.7 Å². The van der Waals surface area contributed by atoms with E-state index in [2.05, 4.69) is 34.2 Å². The van der Waals surface area contributed by atoms with Gasteiger partial charge in [-0.1, -0.05) is 37.3 Å². The van der Waals surface area contributed by atoms with Gasteiger partial charge in [0.1, 0.15) is 27.3 Å². The molecule has 0 radical (unpaired) electrons. The molecule has 12 heteroatoms. The number of carbonyl (C=O) groups excluding carboxylic acids is 2. The van der Waals surface area contributed by atoms with E-state index >= 15 is 4.39 Å². The molecule has 228 valence electrons. The minimum atomic E-state index is -0.558. The zero-order valence-electron chi connectivity index (χ0n) is 24.8. The third-order valence-corrected chi connectivity index (χ3v) is 9.64. The zero-order valence-corrected chi connectivity index (χ0v) is 25.6. The summed E-state index contributed by atoms with van der Waals surface area (Å²) in [7, 11) is 0. The second kappa shape index (κ2) is 11.4. The quantitative estimate of drug-likeness (QED) is 0.220. The number of carbonyl (C=O) groups is 2. The van der Waals surface area contributed by atoms with E-state index in [0.29, 0.717) is 60.8 Å². The molecule has 0 bridgehead atoms. The monoisotopic (exact) mass is 616 g/mol. The maximum absolute atomic E-state index is 15.7. The third-order valence-electron chi connectivity index (χ3n) is 8.37. The van der Waals surface area contributed by atoms with Gasteiger partial charge in [0.05, 0.1) is 5.56 Å². The van der Waals surface area contributed by atoms with Crippen LogP contribution in [0.25, 0.3) is 22.0 Å². The van der Waals surface area contributed by atoms with Crippen molar-refractivity contribution in [3.05, 3.63) is 58.6 Å². The van der Waals surface area contributed by atoms with Gasteiger partial charge in [-0.05, 0) is 55.2 Å². The number of ether oxygens (including phenoxy) is 1. The summed E-state index contributed by atoms with van der Waals surface area (Å²) in [5.41, 5.74) is 1.55. The molecule has 4 heterocycles. The Kier molecular flexibility index (Phi) is 7.39. The molecular weight excluding hydrogens is 583 g/mol. The van der Waals surface area contributed by atoms with Gasteiger partial charge in [-0.25, -0.2) is 4.39 Å². The van der Waals surface area contributed by atoms with Crippen molar-refractivity contribution in [1.29, 1.82) is 0 Å². The summed E-state index contributed by atoms with van der Waals surface area (Å²) in [5.74, 6) is 1.25. The molecule has 0 N–H and O–H groups in total. The molecule has 2 unspecified atom stereocenters. The number of aromatic nitrogens is 4. The SMILES string of the molecule is CC1CC(=O)N(Cc2cc(F)c(-c3nc(C4CC(=O)N(C5CC5)C4)no3)cc2Oc2ccc(-c3nnc(C(C)C)s3)cc2)C1. The lowest BCUT2D eigenvalue weighted by Gasteiger charge is -2.19. The first-order chi connectivity index (χ1) is 21.2. The lowest BCUT2D eigenvalue weighted by atomic mass is 10.1. The number of nitrogens with zero attached hydrogens (tertiary/aromatic N) is 6. The number of benzene rings is 2. The highest BCUT2D eigenvalue weighted by molar-refractivity contribution is 7.14. The summed E-state index contributed by atoms with van der Waals surface area (Å²) >= 11 is 1.55. The Bertz CT molecular complexity index is 1720. The van der Waals surface area contributed by atoms with Crippen LogP contribution < -0.4 is 4.74 Å². The van der Waals surface area contributed by atoms with E-state index in [0.717, 1.165) is 28.4 Å². The molecule has 2 amide bonds. The Labute approximate surface area is 258 Å². The van der Waals surface area contributed by atoms with Crippen LogP contribution in [-0.2, 0) is 16.1 Å². The minimum Gasteiger partial charge on any atom is -0.457 e. The molecule has 0 spiro atoms. The highest BCUT2D eigenvalue weighted by Crippen LogP contribution is 2.38. The van der Waals surface area contributed by atoms with E-state index < -0.39 is 5.82 Å². The van der Waals surface area contributed by atoms with Crippen molar-refractivity contribution in [2.24, 2.45) is 5.92 Å². The average molecular weight is 617 g/mol. The number of likely N-dealkylation sites (tertiary alicyclic amines) is 2. The molecule has 1 saturated carbocycles. The van der Waals surface area contributed by atoms with Crippen molar-refractivity contribution in [3.63, 3.8) is 0 Å². The third kappa shape index (κ3) is 5.70. The molecule has 2 atom stereocenters. The summed E-state index contributed by atoms with van der Waals surface area (Å²) in [6.45, 7) is 7.55. The zero-order chi connectivity index (χ0) is 30.5. The maximum atomic E-state index is 15.7. The van der Waals surface area contributed by atoms with Gasteiger partial charge < -0.3 is 19.1 Å². The van der Waals surface area contributed by atoms with E-state index in [1.165, 1.54) is 6.07 Å². The average Bonchev–Trinajstić information content (AvgIpc) is 3.33. The summed E-state index contributed by atoms with van der Waals surface area (Å²) in [4.78, 5) is 33.2.